The van der Waals surface area contributed by atoms with Crippen molar-refractivity contribution in [2.24, 2.45) is 0 Å². The number of nitrogens with zero attached hydrogens (tertiary/aromatic N) is 4. The minimum atomic E-state index is 0.717. The van der Waals surface area contributed by atoms with E-state index in [0.717, 1.165) is 22.5 Å². The van der Waals surface area contributed by atoms with Crippen molar-refractivity contribution in [2.45, 2.75) is 13.5 Å². The fourth-order valence-corrected chi connectivity index (χ4v) is 1.84. The second-order valence-corrected chi connectivity index (χ2v) is 4.24. The monoisotopic (exact) mass is 255 g/mol. The summed E-state index contributed by atoms with van der Waals surface area (Å²) in [6.45, 7) is 2.74. The van der Waals surface area contributed by atoms with E-state index in [2.05, 4.69) is 20.8 Å². The minimum absolute atomic E-state index is 0.717. The van der Waals surface area contributed by atoms with E-state index in [-0.39, 0.29) is 0 Å². The Bertz CT molecular complexity index is 646. The molecule has 0 amide bonds. The number of tetrazole rings is 1. The number of furan rings is 1. The first-order valence-corrected chi connectivity index (χ1v) is 5.92. The van der Waals surface area contributed by atoms with Gasteiger partial charge in [-0.1, -0.05) is 6.07 Å². The maximum Gasteiger partial charge on any atom is 0.143 e. The Balaban J connectivity index is 1.81. The topological polar surface area (TPSA) is 68.8 Å². The van der Waals surface area contributed by atoms with Crippen LogP contribution in [0.2, 0.25) is 0 Å². The molecule has 0 fully saturated rings. The van der Waals surface area contributed by atoms with Gasteiger partial charge in [-0.15, -0.1) is 5.10 Å². The molecule has 0 radical (unpaired) electrons. The zero-order valence-corrected chi connectivity index (χ0v) is 10.4. The lowest BCUT2D eigenvalue weighted by molar-refractivity contribution is 0.564. The van der Waals surface area contributed by atoms with E-state index in [1.807, 2.05) is 31.2 Å². The van der Waals surface area contributed by atoms with Gasteiger partial charge >= 0.3 is 0 Å². The van der Waals surface area contributed by atoms with Crippen molar-refractivity contribution in [2.75, 3.05) is 5.32 Å². The van der Waals surface area contributed by atoms with Gasteiger partial charge in [0.2, 0.25) is 0 Å². The van der Waals surface area contributed by atoms with Gasteiger partial charge in [0.05, 0.1) is 18.2 Å². The Hall–Kier alpha value is -2.63. The number of rotatable bonds is 4. The second-order valence-electron chi connectivity index (χ2n) is 4.24. The molecule has 0 saturated heterocycles. The van der Waals surface area contributed by atoms with Crippen molar-refractivity contribution in [3.05, 3.63) is 54.2 Å². The quantitative estimate of drug-likeness (QED) is 0.773. The van der Waals surface area contributed by atoms with Crippen molar-refractivity contribution in [3.63, 3.8) is 0 Å². The number of anilines is 1. The van der Waals surface area contributed by atoms with E-state index in [1.54, 1.807) is 23.5 Å². The summed E-state index contributed by atoms with van der Waals surface area (Å²) in [5.74, 6) is 0. The molecule has 19 heavy (non-hydrogen) atoms. The van der Waals surface area contributed by atoms with Crippen molar-refractivity contribution in [1.29, 1.82) is 0 Å². The molecule has 1 N–H and O–H groups in total. The van der Waals surface area contributed by atoms with Crippen molar-refractivity contribution in [3.8, 4) is 5.69 Å². The minimum Gasteiger partial charge on any atom is -0.472 e. The highest BCUT2D eigenvalue weighted by molar-refractivity contribution is 5.54. The summed E-state index contributed by atoms with van der Waals surface area (Å²) in [6.07, 6.45) is 4.98. The molecule has 1 aromatic carbocycles. The Kier molecular flexibility index (Phi) is 2.97. The maximum absolute atomic E-state index is 5.03. The lowest BCUT2D eigenvalue weighted by atomic mass is 10.2. The number of aryl methyl sites for hydroxylation is 1. The van der Waals surface area contributed by atoms with Gasteiger partial charge in [-0.3, -0.25) is 0 Å². The Morgan fingerprint density at radius 1 is 1.32 bits per heavy atom. The summed E-state index contributed by atoms with van der Waals surface area (Å²) in [5.41, 5.74) is 4.19. The first-order valence-electron chi connectivity index (χ1n) is 5.92. The van der Waals surface area contributed by atoms with E-state index in [0.29, 0.717) is 6.54 Å². The predicted octanol–water partition coefficient (Wildman–Crippen LogP) is 2.18. The van der Waals surface area contributed by atoms with Crippen LogP contribution in [0.3, 0.4) is 0 Å². The first-order chi connectivity index (χ1) is 9.33. The molecular formula is C13H13N5O. The Labute approximate surface area is 110 Å². The maximum atomic E-state index is 5.03. The third-order valence-electron chi connectivity index (χ3n) is 2.88. The normalized spacial score (nSPS) is 10.6. The third kappa shape index (κ3) is 2.47. The van der Waals surface area contributed by atoms with Crippen LogP contribution in [-0.4, -0.2) is 20.2 Å². The SMILES string of the molecule is Cc1ccc(NCc2ccoc2)cc1-n1cnnn1. The number of nitrogens with one attached hydrogen (secondary N) is 1. The Morgan fingerprint density at radius 2 is 2.26 bits per heavy atom. The molecule has 6 nitrogen and oxygen atoms in total. The highest BCUT2D eigenvalue weighted by Gasteiger charge is 2.04. The third-order valence-corrected chi connectivity index (χ3v) is 2.88. The fourth-order valence-electron chi connectivity index (χ4n) is 1.84. The highest BCUT2D eigenvalue weighted by atomic mass is 16.3. The molecule has 0 spiro atoms. The zero-order chi connectivity index (χ0) is 13.1. The van der Waals surface area contributed by atoms with Gasteiger partial charge in [0.15, 0.2) is 0 Å². The van der Waals surface area contributed by atoms with Crippen LogP contribution in [0.5, 0.6) is 0 Å². The molecule has 0 aliphatic heterocycles. The van der Waals surface area contributed by atoms with Crippen LogP contribution in [0, 0.1) is 6.92 Å². The highest BCUT2D eigenvalue weighted by Crippen LogP contribution is 2.18. The van der Waals surface area contributed by atoms with Gasteiger partial charge in [0.1, 0.15) is 6.33 Å². The molecule has 0 atom stereocenters. The smallest absolute Gasteiger partial charge is 0.143 e. The standard InChI is InChI=1S/C13H13N5O/c1-10-2-3-12(14-7-11-4-5-19-8-11)6-13(10)18-9-15-16-17-18/h2-6,8-9,14H,7H2,1H3. The van der Waals surface area contributed by atoms with Crippen LogP contribution >= 0.6 is 0 Å². The molecule has 3 rings (SSSR count). The van der Waals surface area contributed by atoms with Crippen LogP contribution in [0.1, 0.15) is 11.1 Å². The number of hydrogen-bond acceptors (Lipinski definition) is 5. The molecule has 0 aliphatic carbocycles. The van der Waals surface area contributed by atoms with E-state index >= 15 is 0 Å². The lowest BCUT2D eigenvalue weighted by Crippen LogP contribution is -2.02. The van der Waals surface area contributed by atoms with Crippen LogP contribution < -0.4 is 5.32 Å². The number of hydrogen-bond donors (Lipinski definition) is 1. The van der Waals surface area contributed by atoms with Crippen LogP contribution in [0.4, 0.5) is 5.69 Å². The van der Waals surface area contributed by atoms with Crippen LogP contribution in [0.25, 0.3) is 5.69 Å². The molecule has 0 unspecified atom stereocenters. The van der Waals surface area contributed by atoms with Gasteiger partial charge in [0.25, 0.3) is 0 Å². The van der Waals surface area contributed by atoms with Crippen molar-refractivity contribution in [1.82, 2.24) is 20.2 Å². The van der Waals surface area contributed by atoms with Crippen LogP contribution in [-0.2, 0) is 6.54 Å². The average Bonchev–Trinajstić information content (AvgIpc) is 3.11. The molecule has 96 valence electrons. The van der Waals surface area contributed by atoms with Gasteiger partial charge in [-0.05, 0) is 41.1 Å². The molecule has 2 heterocycles. The average molecular weight is 255 g/mol. The van der Waals surface area contributed by atoms with Gasteiger partial charge in [-0.2, -0.15) is 0 Å². The molecule has 2 aromatic heterocycles. The van der Waals surface area contributed by atoms with E-state index in [1.165, 1.54) is 0 Å². The van der Waals surface area contributed by atoms with Crippen LogP contribution in [0.15, 0.2) is 47.5 Å². The molecule has 6 heteroatoms. The summed E-state index contributed by atoms with van der Waals surface area (Å²) in [7, 11) is 0. The van der Waals surface area contributed by atoms with Crippen molar-refractivity contribution < 1.29 is 4.42 Å². The van der Waals surface area contributed by atoms with E-state index in [9.17, 15) is 0 Å². The molecular weight excluding hydrogens is 242 g/mol. The fraction of sp³-hybridized carbons (Fsp3) is 0.154. The molecule has 0 saturated carbocycles. The van der Waals surface area contributed by atoms with Gasteiger partial charge < -0.3 is 9.73 Å². The summed E-state index contributed by atoms with van der Waals surface area (Å²) >= 11 is 0. The summed E-state index contributed by atoms with van der Waals surface area (Å²) in [6, 6.07) is 8.02. The van der Waals surface area contributed by atoms with Crippen molar-refractivity contribution >= 4 is 5.69 Å². The summed E-state index contributed by atoms with van der Waals surface area (Å²) < 4.78 is 6.69. The van der Waals surface area contributed by atoms with Gasteiger partial charge in [-0.25, -0.2) is 4.68 Å². The largest absolute Gasteiger partial charge is 0.472 e. The zero-order valence-electron chi connectivity index (χ0n) is 10.4. The van der Waals surface area contributed by atoms with E-state index in [4.69, 9.17) is 4.42 Å². The first kappa shape index (κ1) is 11.5. The summed E-state index contributed by atoms with van der Waals surface area (Å²) in [4.78, 5) is 0. The predicted molar refractivity (Wildman–Crippen MR) is 69.9 cm³/mol. The number of benzene rings is 1. The molecule has 0 bridgehead atoms. The van der Waals surface area contributed by atoms with Gasteiger partial charge in [0, 0.05) is 17.8 Å². The number of aromatic nitrogens is 4. The molecule has 0 aliphatic rings. The Morgan fingerprint density at radius 3 is 3.00 bits per heavy atom. The summed E-state index contributed by atoms with van der Waals surface area (Å²) in [5, 5.41) is 14.6. The molecule has 3 aromatic rings. The second kappa shape index (κ2) is 4.93. The lowest BCUT2D eigenvalue weighted by Gasteiger charge is -2.09. The van der Waals surface area contributed by atoms with E-state index < -0.39 is 0 Å².